The highest BCUT2D eigenvalue weighted by Crippen LogP contribution is 2.40. The van der Waals surface area contributed by atoms with Crippen molar-refractivity contribution in [2.24, 2.45) is 5.92 Å². The summed E-state index contributed by atoms with van der Waals surface area (Å²) in [6, 6.07) is 6.81. The molecule has 1 aromatic carbocycles. The maximum absolute atomic E-state index is 6.35. The largest absolute Gasteiger partial charge is 0.323 e. The van der Waals surface area contributed by atoms with Gasteiger partial charge in [0.2, 0.25) is 0 Å². The Morgan fingerprint density at radius 3 is 2.84 bits per heavy atom. The zero-order chi connectivity index (χ0) is 13.6. The summed E-state index contributed by atoms with van der Waals surface area (Å²) in [6.45, 7) is 4.35. The van der Waals surface area contributed by atoms with Crippen molar-refractivity contribution in [2.75, 3.05) is 0 Å². The molecule has 102 valence electrons. The van der Waals surface area contributed by atoms with Gasteiger partial charge >= 0.3 is 0 Å². The molecule has 4 heteroatoms. The van der Waals surface area contributed by atoms with Gasteiger partial charge in [-0.05, 0) is 43.9 Å². The number of aromatic nitrogens is 2. The molecule has 1 saturated carbocycles. The summed E-state index contributed by atoms with van der Waals surface area (Å²) in [6.07, 6.45) is 3.83. The normalized spacial score (nSPS) is 25.1. The van der Waals surface area contributed by atoms with Crippen LogP contribution >= 0.6 is 27.5 Å². The maximum Gasteiger partial charge on any atom is 0.127 e. The Balaban J connectivity index is 2.23. The lowest BCUT2D eigenvalue weighted by Crippen LogP contribution is -2.15. The molecule has 0 bridgehead atoms. The first-order chi connectivity index (χ1) is 9.08. The molecule has 1 fully saturated rings. The summed E-state index contributed by atoms with van der Waals surface area (Å²) in [4.78, 5) is 4.74. The van der Waals surface area contributed by atoms with Gasteiger partial charge in [-0.15, -0.1) is 11.6 Å². The second-order valence-electron chi connectivity index (χ2n) is 5.56. The molecular formula is C15H18BrClN2. The van der Waals surface area contributed by atoms with E-state index in [0.29, 0.717) is 12.0 Å². The lowest BCUT2D eigenvalue weighted by molar-refractivity contribution is 0.405. The van der Waals surface area contributed by atoms with Crippen LogP contribution in [0.1, 0.15) is 50.4 Å². The van der Waals surface area contributed by atoms with Crippen molar-refractivity contribution in [1.82, 2.24) is 9.55 Å². The summed E-state index contributed by atoms with van der Waals surface area (Å²) in [5, 5.41) is -0.0565. The molecule has 0 N–H and O–H groups in total. The molecule has 1 aliphatic carbocycles. The van der Waals surface area contributed by atoms with Crippen LogP contribution in [0.5, 0.6) is 0 Å². The first kappa shape index (κ1) is 13.4. The maximum atomic E-state index is 6.35. The third kappa shape index (κ3) is 2.31. The van der Waals surface area contributed by atoms with Gasteiger partial charge in [0.15, 0.2) is 0 Å². The number of hydrogen-bond donors (Lipinski definition) is 0. The molecule has 0 radical (unpaired) electrons. The highest BCUT2D eigenvalue weighted by molar-refractivity contribution is 9.10. The summed E-state index contributed by atoms with van der Waals surface area (Å²) in [7, 11) is 0. The third-order valence-electron chi connectivity index (χ3n) is 4.18. The van der Waals surface area contributed by atoms with Crippen molar-refractivity contribution in [2.45, 2.75) is 44.5 Å². The average Bonchev–Trinajstić information content (AvgIpc) is 2.92. The lowest BCUT2D eigenvalue weighted by atomic mass is 10.1. The Hall–Kier alpha value is -0.540. The first-order valence-electron chi connectivity index (χ1n) is 6.89. The molecule has 2 nitrogen and oxygen atoms in total. The van der Waals surface area contributed by atoms with Crippen LogP contribution in [-0.2, 0) is 0 Å². The van der Waals surface area contributed by atoms with Crippen molar-refractivity contribution in [3.63, 3.8) is 0 Å². The molecule has 1 aromatic heterocycles. The zero-order valence-corrected chi connectivity index (χ0v) is 13.6. The molecule has 0 aliphatic heterocycles. The standard InChI is InChI=1S/C15H18BrClN2/c1-9-4-3-5-13(9)19-14-8-11(16)6-7-12(14)18-15(19)10(2)17/h6-10,13H,3-5H2,1-2H3. The topological polar surface area (TPSA) is 17.8 Å². The van der Waals surface area contributed by atoms with E-state index in [-0.39, 0.29) is 5.38 Å². The second kappa shape index (κ2) is 5.10. The highest BCUT2D eigenvalue weighted by atomic mass is 79.9. The highest BCUT2D eigenvalue weighted by Gasteiger charge is 2.29. The molecule has 3 rings (SSSR count). The molecule has 0 amide bonds. The van der Waals surface area contributed by atoms with Gasteiger partial charge in [-0.25, -0.2) is 4.98 Å². The van der Waals surface area contributed by atoms with Gasteiger partial charge in [-0.3, -0.25) is 0 Å². The number of benzene rings is 1. The van der Waals surface area contributed by atoms with E-state index in [0.717, 1.165) is 15.8 Å². The van der Waals surface area contributed by atoms with E-state index < -0.39 is 0 Å². The van der Waals surface area contributed by atoms with E-state index in [1.807, 2.05) is 13.0 Å². The fourth-order valence-electron chi connectivity index (χ4n) is 3.22. The van der Waals surface area contributed by atoms with Crippen LogP contribution in [0.4, 0.5) is 0 Å². The minimum absolute atomic E-state index is 0.0565. The first-order valence-corrected chi connectivity index (χ1v) is 8.12. The Morgan fingerprint density at radius 1 is 1.42 bits per heavy atom. The minimum atomic E-state index is -0.0565. The quantitative estimate of drug-likeness (QED) is 0.663. The van der Waals surface area contributed by atoms with Crippen LogP contribution in [0.25, 0.3) is 11.0 Å². The summed E-state index contributed by atoms with van der Waals surface area (Å²) in [5.41, 5.74) is 2.25. The lowest BCUT2D eigenvalue weighted by Gasteiger charge is -2.22. The Bertz CT molecular complexity index is 605. The average molecular weight is 342 g/mol. The van der Waals surface area contributed by atoms with Crippen LogP contribution < -0.4 is 0 Å². The van der Waals surface area contributed by atoms with Crippen molar-refractivity contribution in [3.05, 3.63) is 28.5 Å². The van der Waals surface area contributed by atoms with Crippen LogP contribution in [0, 0.1) is 5.92 Å². The molecule has 1 heterocycles. The van der Waals surface area contributed by atoms with Gasteiger partial charge in [-0.2, -0.15) is 0 Å². The predicted molar refractivity (Wildman–Crippen MR) is 83.8 cm³/mol. The molecule has 3 unspecified atom stereocenters. The molecule has 0 spiro atoms. The van der Waals surface area contributed by atoms with Gasteiger partial charge < -0.3 is 4.57 Å². The number of halogens is 2. The van der Waals surface area contributed by atoms with Crippen LogP contribution in [0.3, 0.4) is 0 Å². The third-order valence-corrected chi connectivity index (χ3v) is 4.87. The van der Waals surface area contributed by atoms with Crippen molar-refractivity contribution in [3.8, 4) is 0 Å². The minimum Gasteiger partial charge on any atom is -0.323 e. The SMILES string of the molecule is CC(Cl)c1nc2ccc(Br)cc2n1C1CCCC1C. The number of nitrogens with zero attached hydrogens (tertiary/aromatic N) is 2. The Kier molecular flexibility index (Phi) is 3.61. The monoisotopic (exact) mass is 340 g/mol. The predicted octanol–water partition coefficient (Wildman–Crippen LogP) is 5.46. The summed E-state index contributed by atoms with van der Waals surface area (Å²) in [5.74, 6) is 1.71. The summed E-state index contributed by atoms with van der Waals surface area (Å²) >= 11 is 9.91. The van der Waals surface area contributed by atoms with Gasteiger partial charge in [0.25, 0.3) is 0 Å². The van der Waals surface area contributed by atoms with Crippen LogP contribution in [-0.4, -0.2) is 9.55 Å². The molecule has 1 aliphatic rings. The molecule has 2 aromatic rings. The fourth-order valence-corrected chi connectivity index (χ4v) is 3.73. The zero-order valence-electron chi connectivity index (χ0n) is 11.2. The Morgan fingerprint density at radius 2 is 2.21 bits per heavy atom. The number of rotatable bonds is 2. The van der Waals surface area contributed by atoms with Crippen molar-refractivity contribution >= 4 is 38.6 Å². The van der Waals surface area contributed by atoms with Crippen molar-refractivity contribution in [1.29, 1.82) is 0 Å². The summed E-state index contributed by atoms with van der Waals surface area (Å²) < 4.78 is 3.48. The number of hydrogen-bond acceptors (Lipinski definition) is 1. The smallest absolute Gasteiger partial charge is 0.127 e. The molecule has 0 saturated heterocycles. The van der Waals surface area contributed by atoms with E-state index >= 15 is 0 Å². The number of alkyl halides is 1. The second-order valence-corrected chi connectivity index (χ2v) is 7.13. The number of imidazole rings is 1. The van der Waals surface area contributed by atoms with Gasteiger partial charge in [0, 0.05) is 10.5 Å². The van der Waals surface area contributed by atoms with Crippen molar-refractivity contribution < 1.29 is 0 Å². The molecule has 3 atom stereocenters. The van der Waals surface area contributed by atoms with E-state index in [4.69, 9.17) is 16.6 Å². The molecule has 19 heavy (non-hydrogen) atoms. The fraction of sp³-hybridized carbons (Fsp3) is 0.533. The van der Waals surface area contributed by atoms with Gasteiger partial charge in [0.05, 0.1) is 16.4 Å². The van der Waals surface area contributed by atoms with E-state index in [1.54, 1.807) is 0 Å². The van der Waals surface area contributed by atoms with E-state index in [1.165, 1.54) is 24.8 Å². The van der Waals surface area contributed by atoms with Gasteiger partial charge in [-0.1, -0.05) is 29.3 Å². The number of fused-ring (bicyclic) bond motifs is 1. The van der Waals surface area contributed by atoms with Gasteiger partial charge in [0.1, 0.15) is 5.82 Å². The van der Waals surface area contributed by atoms with E-state index in [9.17, 15) is 0 Å². The van der Waals surface area contributed by atoms with Crippen LogP contribution in [0.2, 0.25) is 0 Å². The van der Waals surface area contributed by atoms with Crippen LogP contribution in [0.15, 0.2) is 22.7 Å². The molecular weight excluding hydrogens is 324 g/mol. The Labute approximate surface area is 127 Å². The van der Waals surface area contributed by atoms with E-state index in [2.05, 4.69) is 39.6 Å².